The van der Waals surface area contributed by atoms with Crippen LogP contribution in [0.5, 0.6) is 0 Å². The summed E-state index contributed by atoms with van der Waals surface area (Å²) in [6.07, 6.45) is 22.1. The van der Waals surface area contributed by atoms with Gasteiger partial charge in [0.25, 0.3) is 0 Å². The maximum absolute atomic E-state index is 8.99. The number of hydrogen-bond donors (Lipinski definition) is 2. The van der Waals surface area contributed by atoms with Gasteiger partial charge in [0.1, 0.15) is 0 Å². The standard InChI is InChI=1S/C18H34N2O/c1-2-3-4-5-6-7-8-9-10-11-12-13-18-19-14-15-20(18)16-17-21/h8-9,14-15,18-19,21H,2-7,10-13,16-17H2,1H3/b9-8+. The van der Waals surface area contributed by atoms with Gasteiger partial charge >= 0.3 is 0 Å². The second kappa shape index (κ2) is 12.8. The van der Waals surface area contributed by atoms with Crippen molar-refractivity contribution in [3.63, 3.8) is 0 Å². The first kappa shape index (κ1) is 18.1. The summed E-state index contributed by atoms with van der Waals surface area (Å²) in [5.74, 6) is 0. The van der Waals surface area contributed by atoms with E-state index in [2.05, 4.69) is 29.3 Å². The number of unbranched alkanes of at least 4 members (excludes halogenated alkanes) is 7. The van der Waals surface area contributed by atoms with Gasteiger partial charge in [-0.2, -0.15) is 0 Å². The van der Waals surface area contributed by atoms with Gasteiger partial charge in [-0.3, -0.25) is 0 Å². The van der Waals surface area contributed by atoms with Crippen molar-refractivity contribution in [2.75, 3.05) is 13.2 Å². The maximum Gasteiger partial charge on any atom is 0.0982 e. The molecule has 0 saturated heterocycles. The van der Waals surface area contributed by atoms with E-state index in [0.717, 1.165) is 13.0 Å². The van der Waals surface area contributed by atoms with Crippen LogP contribution in [0.3, 0.4) is 0 Å². The summed E-state index contributed by atoms with van der Waals surface area (Å²) in [4.78, 5) is 2.19. The highest BCUT2D eigenvalue weighted by Gasteiger charge is 2.16. The van der Waals surface area contributed by atoms with Gasteiger partial charge in [0.05, 0.1) is 12.8 Å². The lowest BCUT2D eigenvalue weighted by atomic mass is 10.1. The van der Waals surface area contributed by atoms with Crippen LogP contribution in [0.25, 0.3) is 0 Å². The Morgan fingerprint density at radius 2 is 1.76 bits per heavy atom. The molecule has 3 heteroatoms. The Morgan fingerprint density at radius 1 is 1.05 bits per heavy atom. The molecular weight excluding hydrogens is 260 g/mol. The molecule has 1 rings (SSSR count). The molecule has 3 nitrogen and oxygen atoms in total. The van der Waals surface area contributed by atoms with Crippen molar-refractivity contribution in [1.82, 2.24) is 10.2 Å². The number of allylic oxidation sites excluding steroid dienone is 2. The molecule has 0 spiro atoms. The maximum atomic E-state index is 8.99. The van der Waals surface area contributed by atoms with Gasteiger partial charge in [0.15, 0.2) is 0 Å². The molecule has 122 valence electrons. The van der Waals surface area contributed by atoms with Crippen molar-refractivity contribution in [3.05, 3.63) is 24.6 Å². The van der Waals surface area contributed by atoms with Gasteiger partial charge in [-0.1, -0.05) is 44.8 Å². The molecule has 0 bridgehead atoms. The zero-order valence-corrected chi connectivity index (χ0v) is 13.8. The van der Waals surface area contributed by atoms with Crippen molar-refractivity contribution in [2.45, 2.75) is 77.3 Å². The van der Waals surface area contributed by atoms with Crippen LogP contribution >= 0.6 is 0 Å². The van der Waals surface area contributed by atoms with E-state index in [1.807, 2.05) is 12.4 Å². The minimum absolute atomic E-state index is 0.226. The zero-order chi connectivity index (χ0) is 15.2. The van der Waals surface area contributed by atoms with Crippen LogP contribution in [0.2, 0.25) is 0 Å². The molecule has 1 heterocycles. The number of aliphatic hydroxyl groups excluding tert-OH is 1. The highest BCUT2D eigenvalue weighted by atomic mass is 16.3. The minimum atomic E-state index is 0.226. The number of nitrogens with zero attached hydrogens (tertiary/aromatic N) is 1. The zero-order valence-electron chi connectivity index (χ0n) is 13.8. The smallest absolute Gasteiger partial charge is 0.0982 e. The first-order valence-corrected chi connectivity index (χ1v) is 8.82. The Labute approximate surface area is 131 Å². The van der Waals surface area contributed by atoms with Crippen LogP contribution in [0.4, 0.5) is 0 Å². The lowest BCUT2D eigenvalue weighted by molar-refractivity contribution is 0.194. The number of nitrogens with one attached hydrogen (secondary N) is 1. The molecule has 0 radical (unpaired) electrons. The number of hydrogen-bond acceptors (Lipinski definition) is 3. The summed E-state index contributed by atoms with van der Waals surface area (Å²) in [6.45, 7) is 3.22. The fourth-order valence-electron chi connectivity index (χ4n) is 2.75. The number of aliphatic hydroxyl groups is 1. The molecule has 1 aliphatic rings. The second-order valence-electron chi connectivity index (χ2n) is 5.92. The SMILES string of the molecule is CCCCCCC/C=C/CCCCC1NC=CN1CCO. The predicted molar refractivity (Wildman–Crippen MR) is 90.8 cm³/mol. The van der Waals surface area contributed by atoms with Gasteiger partial charge in [-0.25, -0.2) is 0 Å². The average Bonchev–Trinajstić information content (AvgIpc) is 2.92. The molecule has 2 N–H and O–H groups in total. The molecule has 1 aliphatic heterocycles. The first-order chi connectivity index (χ1) is 10.4. The van der Waals surface area contributed by atoms with Crippen LogP contribution in [-0.2, 0) is 0 Å². The Bertz CT molecular complexity index is 289. The number of rotatable bonds is 13. The van der Waals surface area contributed by atoms with Crippen LogP contribution in [0, 0.1) is 0 Å². The van der Waals surface area contributed by atoms with Gasteiger partial charge < -0.3 is 15.3 Å². The van der Waals surface area contributed by atoms with Gasteiger partial charge in [0.2, 0.25) is 0 Å². The Kier molecular flexibility index (Phi) is 11.0. The van der Waals surface area contributed by atoms with E-state index in [4.69, 9.17) is 5.11 Å². The van der Waals surface area contributed by atoms with Crippen molar-refractivity contribution >= 4 is 0 Å². The van der Waals surface area contributed by atoms with Gasteiger partial charge in [-0.15, -0.1) is 0 Å². The molecule has 0 aliphatic carbocycles. The van der Waals surface area contributed by atoms with Crippen LogP contribution in [0.1, 0.15) is 71.1 Å². The molecular formula is C18H34N2O. The lowest BCUT2D eigenvalue weighted by Crippen LogP contribution is -2.36. The quantitative estimate of drug-likeness (QED) is 0.395. The van der Waals surface area contributed by atoms with Crippen molar-refractivity contribution in [3.8, 4) is 0 Å². The Hall–Kier alpha value is -0.960. The topological polar surface area (TPSA) is 35.5 Å². The van der Waals surface area contributed by atoms with Crippen LogP contribution in [-0.4, -0.2) is 29.3 Å². The summed E-state index contributed by atoms with van der Waals surface area (Å²) in [5, 5.41) is 12.3. The predicted octanol–water partition coefficient (Wildman–Crippen LogP) is 4.16. The molecule has 0 amide bonds. The Balaban J connectivity index is 1.90. The molecule has 21 heavy (non-hydrogen) atoms. The van der Waals surface area contributed by atoms with E-state index in [-0.39, 0.29) is 6.61 Å². The summed E-state index contributed by atoms with van der Waals surface area (Å²) in [5.41, 5.74) is 0. The molecule has 0 fully saturated rings. The fraction of sp³-hybridized carbons (Fsp3) is 0.778. The normalized spacial score (nSPS) is 17.8. The van der Waals surface area contributed by atoms with Crippen molar-refractivity contribution in [1.29, 1.82) is 0 Å². The largest absolute Gasteiger partial charge is 0.395 e. The van der Waals surface area contributed by atoms with E-state index in [9.17, 15) is 0 Å². The number of β-amino-alcohol motifs (C(OH)–C–C–N with tert-alkyl or cyclic N) is 1. The molecule has 0 saturated carbocycles. The van der Waals surface area contributed by atoms with Gasteiger partial charge in [-0.05, 0) is 38.5 Å². The second-order valence-corrected chi connectivity index (χ2v) is 5.92. The summed E-state index contributed by atoms with van der Waals surface area (Å²) < 4.78 is 0. The lowest BCUT2D eigenvalue weighted by Gasteiger charge is -2.24. The third-order valence-corrected chi connectivity index (χ3v) is 4.05. The molecule has 0 aromatic carbocycles. The van der Waals surface area contributed by atoms with E-state index in [1.165, 1.54) is 57.8 Å². The molecule has 1 atom stereocenters. The highest BCUT2D eigenvalue weighted by Crippen LogP contribution is 2.13. The summed E-state index contributed by atoms with van der Waals surface area (Å²) >= 11 is 0. The minimum Gasteiger partial charge on any atom is -0.395 e. The average molecular weight is 294 g/mol. The molecule has 0 aromatic rings. The first-order valence-electron chi connectivity index (χ1n) is 8.82. The molecule has 0 aromatic heterocycles. The highest BCUT2D eigenvalue weighted by molar-refractivity contribution is 4.94. The third-order valence-electron chi connectivity index (χ3n) is 4.05. The summed E-state index contributed by atoms with van der Waals surface area (Å²) in [6, 6.07) is 0. The van der Waals surface area contributed by atoms with E-state index >= 15 is 0 Å². The Morgan fingerprint density at radius 3 is 2.48 bits per heavy atom. The monoisotopic (exact) mass is 294 g/mol. The van der Waals surface area contributed by atoms with Crippen molar-refractivity contribution < 1.29 is 5.11 Å². The van der Waals surface area contributed by atoms with Crippen molar-refractivity contribution in [2.24, 2.45) is 0 Å². The molecule has 1 unspecified atom stereocenters. The third kappa shape index (κ3) is 8.82. The summed E-state index contributed by atoms with van der Waals surface area (Å²) in [7, 11) is 0. The van der Waals surface area contributed by atoms with E-state index in [1.54, 1.807) is 0 Å². The van der Waals surface area contributed by atoms with E-state index in [0.29, 0.717) is 6.17 Å². The van der Waals surface area contributed by atoms with Gasteiger partial charge in [0, 0.05) is 18.9 Å². The van der Waals surface area contributed by atoms with Crippen LogP contribution < -0.4 is 5.32 Å². The van der Waals surface area contributed by atoms with E-state index < -0.39 is 0 Å². The van der Waals surface area contributed by atoms with Crippen LogP contribution in [0.15, 0.2) is 24.6 Å². The fourth-order valence-corrected chi connectivity index (χ4v) is 2.75.